The molecule has 0 aliphatic carbocycles. The summed E-state index contributed by atoms with van der Waals surface area (Å²) in [4.78, 5) is 38.2. The Balaban J connectivity index is 1.68. The van der Waals surface area contributed by atoms with Crippen LogP contribution in [0.25, 0.3) is 0 Å². The van der Waals surface area contributed by atoms with E-state index in [4.69, 9.17) is 4.74 Å². The molecule has 0 spiro atoms. The highest BCUT2D eigenvalue weighted by atomic mass is 16.5. The number of likely N-dealkylation sites (tertiary alicyclic amines) is 1. The van der Waals surface area contributed by atoms with Crippen molar-refractivity contribution < 1.29 is 19.1 Å². The molecule has 2 aromatic carbocycles. The summed E-state index contributed by atoms with van der Waals surface area (Å²) in [6.07, 6.45) is 1.08. The number of rotatable bonds is 6. The van der Waals surface area contributed by atoms with E-state index in [9.17, 15) is 14.4 Å². The van der Waals surface area contributed by atoms with Gasteiger partial charge in [0.05, 0.1) is 6.42 Å². The molecule has 2 amide bonds. The second-order valence-corrected chi connectivity index (χ2v) is 6.87. The Morgan fingerprint density at radius 1 is 1.00 bits per heavy atom. The van der Waals surface area contributed by atoms with Crippen LogP contribution < -0.4 is 5.32 Å². The van der Waals surface area contributed by atoms with Gasteiger partial charge >= 0.3 is 5.97 Å². The SMILES string of the molecule is CC(=O)Nc1ccc(CC(=O)O[C@@H](C(=O)N2CCCC2)c2ccccc2)cc1. The van der Waals surface area contributed by atoms with Gasteiger partial charge in [-0.15, -0.1) is 0 Å². The number of carbonyl (C=O) groups excluding carboxylic acids is 3. The fourth-order valence-electron chi connectivity index (χ4n) is 3.24. The fourth-order valence-corrected chi connectivity index (χ4v) is 3.24. The zero-order valence-corrected chi connectivity index (χ0v) is 15.9. The van der Waals surface area contributed by atoms with Gasteiger partial charge in [-0.05, 0) is 30.5 Å². The number of hydrogen-bond acceptors (Lipinski definition) is 4. The van der Waals surface area contributed by atoms with Crippen molar-refractivity contribution in [1.29, 1.82) is 0 Å². The highest BCUT2D eigenvalue weighted by molar-refractivity contribution is 5.89. The van der Waals surface area contributed by atoms with E-state index in [0.717, 1.165) is 18.4 Å². The van der Waals surface area contributed by atoms with Crippen molar-refractivity contribution >= 4 is 23.5 Å². The molecule has 0 saturated carbocycles. The van der Waals surface area contributed by atoms with Crippen LogP contribution in [0.1, 0.15) is 37.0 Å². The second kappa shape index (κ2) is 9.17. The number of carbonyl (C=O) groups is 3. The summed E-state index contributed by atoms with van der Waals surface area (Å²) in [7, 11) is 0. The van der Waals surface area contributed by atoms with Crippen LogP contribution in [0.2, 0.25) is 0 Å². The van der Waals surface area contributed by atoms with Gasteiger partial charge in [-0.1, -0.05) is 42.5 Å². The molecule has 0 unspecified atom stereocenters. The highest BCUT2D eigenvalue weighted by Gasteiger charge is 2.30. The number of hydrogen-bond donors (Lipinski definition) is 1. The number of nitrogens with one attached hydrogen (secondary N) is 1. The molecular formula is C22H24N2O4. The van der Waals surface area contributed by atoms with Crippen molar-refractivity contribution in [2.75, 3.05) is 18.4 Å². The molecule has 3 rings (SSSR count). The lowest BCUT2D eigenvalue weighted by atomic mass is 10.1. The number of anilines is 1. The first-order valence-electron chi connectivity index (χ1n) is 9.42. The minimum Gasteiger partial charge on any atom is -0.447 e. The lowest BCUT2D eigenvalue weighted by Crippen LogP contribution is -2.35. The van der Waals surface area contributed by atoms with Crippen LogP contribution in [0.5, 0.6) is 0 Å². The number of benzene rings is 2. The Morgan fingerprint density at radius 2 is 1.64 bits per heavy atom. The van der Waals surface area contributed by atoms with E-state index in [1.165, 1.54) is 6.92 Å². The number of amides is 2. The molecule has 0 aromatic heterocycles. The van der Waals surface area contributed by atoms with Gasteiger partial charge in [0, 0.05) is 31.3 Å². The van der Waals surface area contributed by atoms with Crippen molar-refractivity contribution in [1.82, 2.24) is 4.90 Å². The highest BCUT2D eigenvalue weighted by Crippen LogP contribution is 2.23. The summed E-state index contributed by atoms with van der Waals surface area (Å²) in [6, 6.07) is 16.1. The predicted octanol–water partition coefficient (Wildman–Crippen LogP) is 3.09. The minimum absolute atomic E-state index is 0.0525. The summed E-state index contributed by atoms with van der Waals surface area (Å²) in [5.74, 6) is -0.787. The Labute approximate surface area is 164 Å². The molecule has 1 saturated heterocycles. The molecule has 1 N–H and O–H groups in total. The van der Waals surface area contributed by atoms with Crippen molar-refractivity contribution in [3.05, 3.63) is 65.7 Å². The third kappa shape index (κ3) is 5.19. The van der Waals surface area contributed by atoms with Gasteiger partial charge in [0.1, 0.15) is 0 Å². The molecule has 1 heterocycles. The van der Waals surface area contributed by atoms with Crippen molar-refractivity contribution in [3.63, 3.8) is 0 Å². The lowest BCUT2D eigenvalue weighted by Gasteiger charge is -2.23. The molecule has 2 aromatic rings. The molecule has 28 heavy (non-hydrogen) atoms. The third-order valence-corrected chi connectivity index (χ3v) is 4.62. The first kappa shape index (κ1) is 19.6. The second-order valence-electron chi connectivity index (χ2n) is 6.87. The summed E-state index contributed by atoms with van der Waals surface area (Å²) < 4.78 is 5.61. The average Bonchev–Trinajstić information content (AvgIpc) is 3.22. The van der Waals surface area contributed by atoms with Gasteiger partial charge in [-0.2, -0.15) is 0 Å². The lowest BCUT2D eigenvalue weighted by molar-refractivity contribution is -0.160. The molecular weight excluding hydrogens is 356 g/mol. The fraction of sp³-hybridized carbons (Fsp3) is 0.318. The standard InChI is InChI=1S/C22H24N2O4/c1-16(25)23-19-11-9-17(10-12-19)15-20(26)28-21(18-7-3-2-4-8-18)22(27)24-13-5-6-14-24/h2-4,7-12,21H,5-6,13-15H2,1H3,(H,23,25)/t21-/m1/s1. The monoisotopic (exact) mass is 380 g/mol. The molecule has 6 nitrogen and oxygen atoms in total. The first-order chi connectivity index (χ1) is 13.5. The zero-order valence-electron chi connectivity index (χ0n) is 15.9. The summed E-state index contributed by atoms with van der Waals surface area (Å²) in [5, 5.41) is 2.68. The topological polar surface area (TPSA) is 75.7 Å². The van der Waals surface area contributed by atoms with Crippen molar-refractivity contribution in [3.8, 4) is 0 Å². The smallest absolute Gasteiger partial charge is 0.311 e. The van der Waals surface area contributed by atoms with Crippen LogP contribution in [0.3, 0.4) is 0 Å². The summed E-state index contributed by atoms with van der Waals surface area (Å²) in [5.41, 5.74) is 2.09. The normalized spacial score (nSPS) is 14.4. The van der Waals surface area contributed by atoms with Crippen LogP contribution in [0, 0.1) is 0 Å². The number of ether oxygens (including phenoxy) is 1. The van der Waals surface area contributed by atoms with E-state index in [-0.39, 0.29) is 18.2 Å². The van der Waals surface area contributed by atoms with Crippen molar-refractivity contribution in [2.45, 2.75) is 32.3 Å². The van der Waals surface area contributed by atoms with E-state index in [2.05, 4.69) is 5.32 Å². The van der Waals surface area contributed by atoms with Gasteiger partial charge in [-0.25, -0.2) is 0 Å². The Hall–Kier alpha value is -3.15. The van der Waals surface area contributed by atoms with Crippen LogP contribution in [0.15, 0.2) is 54.6 Å². The minimum atomic E-state index is -0.926. The van der Waals surface area contributed by atoms with Crippen molar-refractivity contribution in [2.24, 2.45) is 0 Å². The molecule has 1 atom stereocenters. The van der Waals surface area contributed by atoms with Crippen LogP contribution in [-0.2, 0) is 25.5 Å². The first-order valence-corrected chi connectivity index (χ1v) is 9.42. The molecule has 6 heteroatoms. The summed E-state index contributed by atoms with van der Waals surface area (Å²) in [6.45, 7) is 2.83. The Morgan fingerprint density at radius 3 is 2.25 bits per heavy atom. The molecule has 0 radical (unpaired) electrons. The van der Waals surface area contributed by atoms with E-state index in [1.54, 1.807) is 41.3 Å². The van der Waals surface area contributed by atoms with E-state index in [1.807, 2.05) is 18.2 Å². The van der Waals surface area contributed by atoms with E-state index < -0.39 is 12.1 Å². The Kier molecular flexibility index (Phi) is 6.42. The average molecular weight is 380 g/mol. The van der Waals surface area contributed by atoms with Gasteiger partial charge in [0.25, 0.3) is 5.91 Å². The quantitative estimate of drug-likeness (QED) is 0.782. The summed E-state index contributed by atoms with van der Waals surface area (Å²) >= 11 is 0. The van der Waals surface area contributed by atoms with E-state index >= 15 is 0 Å². The van der Waals surface area contributed by atoms with Crippen LogP contribution in [-0.4, -0.2) is 35.8 Å². The molecule has 0 bridgehead atoms. The van der Waals surface area contributed by atoms with Gasteiger partial charge in [0.15, 0.2) is 0 Å². The van der Waals surface area contributed by atoms with Crippen LogP contribution >= 0.6 is 0 Å². The van der Waals surface area contributed by atoms with Gasteiger partial charge < -0.3 is 15.0 Å². The number of esters is 1. The molecule has 1 fully saturated rings. The van der Waals surface area contributed by atoms with Gasteiger partial charge in [0.2, 0.25) is 12.0 Å². The van der Waals surface area contributed by atoms with Gasteiger partial charge in [-0.3, -0.25) is 14.4 Å². The van der Waals surface area contributed by atoms with Crippen LogP contribution in [0.4, 0.5) is 5.69 Å². The maximum Gasteiger partial charge on any atom is 0.311 e. The predicted molar refractivity (Wildman–Crippen MR) is 106 cm³/mol. The molecule has 1 aliphatic rings. The molecule has 146 valence electrons. The maximum atomic E-state index is 12.9. The maximum absolute atomic E-state index is 12.9. The zero-order chi connectivity index (χ0) is 19.9. The third-order valence-electron chi connectivity index (χ3n) is 4.62. The van der Waals surface area contributed by atoms with E-state index in [0.29, 0.717) is 24.3 Å². The number of nitrogens with zero attached hydrogens (tertiary/aromatic N) is 1. The Bertz CT molecular complexity index is 827. The molecule has 1 aliphatic heterocycles. The largest absolute Gasteiger partial charge is 0.447 e.